The van der Waals surface area contributed by atoms with Gasteiger partial charge in [-0.25, -0.2) is 0 Å². The third kappa shape index (κ3) is 2.56. The molecule has 3 unspecified atom stereocenters. The van der Waals surface area contributed by atoms with E-state index in [1.54, 1.807) is 0 Å². The van der Waals surface area contributed by atoms with E-state index in [9.17, 15) is 4.79 Å². The van der Waals surface area contributed by atoms with Crippen molar-refractivity contribution in [2.24, 2.45) is 5.92 Å². The first-order valence-electron chi connectivity index (χ1n) is 4.75. The van der Waals surface area contributed by atoms with Gasteiger partial charge in [0.1, 0.15) is 0 Å². The van der Waals surface area contributed by atoms with Crippen molar-refractivity contribution < 1.29 is 9.90 Å². The second-order valence-electron chi connectivity index (χ2n) is 3.72. The quantitative estimate of drug-likeness (QED) is 0.633. The van der Waals surface area contributed by atoms with Crippen molar-refractivity contribution in [3.63, 3.8) is 0 Å². The van der Waals surface area contributed by atoms with Gasteiger partial charge in [0.2, 0.25) is 0 Å². The summed E-state index contributed by atoms with van der Waals surface area (Å²) < 4.78 is 0. The van der Waals surface area contributed by atoms with Crippen LogP contribution in [-0.2, 0) is 4.79 Å². The van der Waals surface area contributed by atoms with E-state index >= 15 is 0 Å². The van der Waals surface area contributed by atoms with Crippen molar-refractivity contribution in [2.45, 2.75) is 38.3 Å². The van der Waals surface area contributed by atoms with E-state index in [1.165, 1.54) is 0 Å². The van der Waals surface area contributed by atoms with Crippen molar-refractivity contribution >= 4 is 5.97 Å². The zero-order valence-corrected chi connectivity index (χ0v) is 7.99. The third-order valence-corrected chi connectivity index (χ3v) is 2.61. The summed E-state index contributed by atoms with van der Waals surface area (Å²) in [5, 5.41) is 12.1. The molecule has 1 rings (SSSR count). The van der Waals surface area contributed by atoms with E-state index in [4.69, 9.17) is 5.11 Å². The molecule has 0 aromatic rings. The van der Waals surface area contributed by atoms with Crippen molar-refractivity contribution in [1.82, 2.24) is 5.32 Å². The monoisotopic (exact) mass is 183 g/mol. The Morgan fingerprint density at radius 3 is 2.85 bits per heavy atom. The Balaban J connectivity index is 2.29. The fourth-order valence-corrected chi connectivity index (χ4v) is 1.68. The van der Waals surface area contributed by atoms with Crippen LogP contribution < -0.4 is 5.32 Å². The topological polar surface area (TPSA) is 49.3 Å². The van der Waals surface area contributed by atoms with Gasteiger partial charge < -0.3 is 10.4 Å². The smallest absolute Gasteiger partial charge is 0.308 e. The average Bonchev–Trinajstić information content (AvgIpc) is 1.97. The van der Waals surface area contributed by atoms with Crippen LogP contribution >= 0.6 is 0 Å². The number of hydrogen-bond acceptors (Lipinski definition) is 2. The highest BCUT2D eigenvalue weighted by molar-refractivity contribution is 5.72. The maximum Gasteiger partial charge on any atom is 0.308 e. The van der Waals surface area contributed by atoms with Crippen LogP contribution in [-0.4, -0.2) is 23.2 Å². The van der Waals surface area contributed by atoms with E-state index in [1.807, 2.05) is 6.08 Å². The number of carboxylic acids is 1. The summed E-state index contributed by atoms with van der Waals surface area (Å²) >= 11 is 0. The Kier molecular flexibility index (Phi) is 3.48. The van der Waals surface area contributed by atoms with Gasteiger partial charge in [0.15, 0.2) is 0 Å². The van der Waals surface area contributed by atoms with Crippen LogP contribution in [0, 0.1) is 5.92 Å². The molecule has 0 saturated heterocycles. The van der Waals surface area contributed by atoms with E-state index in [0.29, 0.717) is 6.04 Å². The maximum absolute atomic E-state index is 10.7. The first-order valence-corrected chi connectivity index (χ1v) is 4.75. The fraction of sp³-hybridized carbons (Fsp3) is 0.700. The standard InChI is InChI=1S/C10H17NO2/c1-3-4-7(2)11-9-6-5-8(9)10(12)13/h3,7-9,11H,1,4-6H2,2H3,(H,12,13). The van der Waals surface area contributed by atoms with Crippen LogP contribution in [0.2, 0.25) is 0 Å². The average molecular weight is 183 g/mol. The van der Waals surface area contributed by atoms with Crippen LogP contribution in [0.5, 0.6) is 0 Å². The molecular formula is C10H17NO2. The highest BCUT2D eigenvalue weighted by Gasteiger charge is 2.36. The second kappa shape index (κ2) is 4.42. The number of carbonyl (C=O) groups is 1. The number of rotatable bonds is 5. The minimum absolute atomic E-state index is 0.174. The normalized spacial score (nSPS) is 29.0. The number of aliphatic carboxylic acids is 1. The molecule has 3 heteroatoms. The lowest BCUT2D eigenvalue weighted by Gasteiger charge is -2.36. The van der Waals surface area contributed by atoms with Crippen LogP contribution in [0.4, 0.5) is 0 Å². The molecule has 1 saturated carbocycles. The molecule has 3 atom stereocenters. The lowest BCUT2D eigenvalue weighted by molar-refractivity contribution is -0.146. The highest BCUT2D eigenvalue weighted by atomic mass is 16.4. The second-order valence-corrected chi connectivity index (χ2v) is 3.72. The molecule has 13 heavy (non-hydrogen) atoms. The van der Waals surface area contributed by atoms with Crippen molar-refractivity contribution in [1.29, 1.82) is 0 Å². The van der Waals surface area contributed by atoms with Crippen LogP contribution in [0.25, 0.3) is 0 Å². The third-order valence-electron chi connectivity index (χ3n) is 2.61. The Morgan fingerprint density at radius 1 is 1.77 bits per heavy atom. The van der Waals surface area contributed by atoms with Gasteiger partial charge in [-0.3, -0.25) is 4.79 Å². The van der Waals surface area contributed by atoms with Gasteiger partial charge in [-0.2, -0.15) is 0 Å². The Hall–Kier alpha value is -0.830. The van der Waals surface area contributed by atoms with Crippen molar-refractivity contribution in [3.05, 3.63) is 12.7 Å². The molecule has 1 aliphatic rings. The number of hydrogen-bond donors (Lipinski definition) is 2. The first-order chi connectivity index (χ1) is 6.15. The van der Waals surface area contributed by atoms with Crippen molar-refractivity contribution in [2.75, 3.05) is 0 Å². The molecule has 0 aromatic heterocycles. The Labute approximate surface area is 78.8 Å². The van der Waals surface area contributed by atoms with E-state index < -0.39 is 5.97 Å². The summed E-state index contributed by atoms with van der Waals surface area (Å²) in [6, 6.07) is 0.511. The molecule has 1 fully saturated rings. The summed E-state index contributed by atoms with van der Waals surface area (Å²) in [5.74, 6) is -0.846. The molecule has 0 aliphatic heterocycles. The zero-order valence-electron chi connectivity index (χ0n) is 7.99. The molecule has 2 N–H and O–H groups in total. The summed E-state index contributed by atoms with van der Waals surface area (Å²) in [6.45, 7) is 5.70. The van der Waals surface area contributed by atoms with Crippen LogP contribution in [0.1, 0.15) is 26.2 Å². The molecule has 0 bridgehead atoms. The van der Waals surface area contributed by atoms with Gasteiger partial charge >= 0.3 is 5.97 Å². The summed E-state index contributed by atoms with van der Waals surface area (Å²) in [6.07, 6.45) is 4.54. The van der Waals surface area contributed by atoms with Crippen molar-refractivity contribution in [3.8, 4) is 0 Å². The minimum atomic E-state index is -0.672. The molecule has 0 aromatic carbocycles. The predicted molar refractivity (Wildman–Crippen MR) is 51.6 cm³/mol. The van der Waals surface area contributed by atoms with Gasteiger partial charge in [-0.15, -0.1) is 6.58 Å². The summed E-state index contributed by atoms with van der Waals surface area (Å²) in [4.78, 5) is 10.7. The molecule has 0 heterocycles. The summed E-state index contributed by atoms with van der Waals surface area (Å²) in [7, 11) is 0. The minimum Gasteiger partial charge on any atom is -0.481 e. The fourth-order valence-electron chi connectivity index (χ4n) is 1.68. The van der Waals surface area contributed by atoms with E-state index in [-0.39, 0.29) is 12.0 Å². The molecule has 74 valence electrons. The lowest BCUT2D eigenvalue weighted by Crippen LogP contribution is -2.50. The van der Waals surface area contributed by atoms with E-state index in [0.717, 1.165) is 19.3 Å². The van der Waals surface area contributed by atoms with Crippen LogP contribution in [0.3, 0.4) is 0 Å². The van der Waals surface area contributed by atoms with Gasteiger partial charge in [0, 0.05) is 12.1 Å². The molecule has 0 spiro atoms. The van der Waals surface area contributed by atoms with E-state index in [2.05, 4.69) is 18.8 Å². The summed E-state index contributed by atoms with van der Waals surface area (Å²) in [5.41, 5.74) is 0. The molecule has 0 radical (unpaired) electrons. The first kappa shape index (κ1) is 10.3. The van der Waals surface area contributed by atoms with Gasteiger partial charge in [-0.1, -0.05) is 6.08 Å². The SMILES string of the molecule is C=CCC(C)NC1CCC1C(=O)O. The molecule has 0 amide bonds. The predicted octanol–water partition coefficient (Wildman–Crippen LogP) is 1.40. The lowest BCUT2D eigenvalue weighted by atomic mass is 9.79. The van der Waals surface area contributed by atoms with Gasteiger partial charge in [0.05, 0.1) is 5.92 Å². The maximum atomic E-state index is 10.7. The van der Waals surface area contributed by atoms with Gasteiger partial charge in [0.25, 0.3) is 0 Å². The zero-order chi connectivity index (χ0) is 9.84. The highest BCUT2D eigenvalue weighted by Crippen LogP contribution is 2.28. The Morgan fingerprint density at radius 2 is 2.46 bits per heavy atom. The largest absolute Gasteiger partial charge is 0.481 e. The molecule has 3 nitrogen and oxygen atoms in total. The van der Waals surface area contributed by atoms with Gasteiger partial charge in [-0.05, 0) is 26.2 Å². The molecular weight excluding hydrogens is 166 g/mol. The van der Waals surface area contributed by atoms with Crippen LogP contribution in [0.15, 0.2) is 12.7 Å². The Bertz CT molecular complexity index is 203. The number of nitrogens with one attached hydrogen (secondary N) is 1. The number of carboxylic acid groups (broad SMARTS) is 1. The molecule has 1 aliphatic carbocycles.